The summed E-state index contributed by atoms with van der Waals surface area (Å²) in [6.07, 6.45) is 0.784. The molecule has 108 valence electrons. The van der Waals surface area contributed by atoms with E-state index in [9.17, 15) is 18.4 Å². The average Bonchev–Trinajstić information content (AvgIpc) is 2.45. The quantitative estimate of drug-likeness (QED) is 0.366. The third-order valence-electron chi connectivity index (χ3n) is 2.17. The van der Waals surface area contributed by atoms with Crippen molar-refractivity contribution >= 4 is 40.2 Å². The molecule has 0 unspecified atom stereocenters. The van der Waals surface area contributed by atoms with E-state index in [1.807, 2.05) is 0 Å². The van der Waals surface area contributed by atoms with E-state index in [2.05, 4.69) is 14.8 Å². The fourth-order valence-corrected chi connectivity index (χ4v) is 1.78. The molecule has 1 aromatic carbocycles. The maximum absolute atomic E-state index is 13.6. The molecule has 5 nitrogen and oxygen atoms in total. The average molecular weight is 397 g/mol. The molecule has 0 heterocycles. The number of esters is 2. The van der Waals surface area contributed by atoms with Gasteiger partial charge < -0.3 is 14.8 Å². The number of methoxy groups -OCH3 is 2. The van der Waals surface area contributed by atoms with Crippen LogP contribution in [0.4, 0.5) is 14.5 Å². The number of carbonyl (C=O) groups excluding carboxylic acids is 2. The first kappa shape index (κ1) is 16.3. The molecule has 0 saturated carbocycles. The zero-order valence-electron chi connectivity index (χ0n) is 10.5. The number of hydrogen-bond acceptors (Lipinski definition) is 5. The molecular formula is C12H10F2INO4. The molecule has 0 radical (unpaired) electrons. The Balaban J connectivity index is 3.21. The lowest BCUT2D eigenvalue weighted by Crippen LogP contribution is -2.17. The number of hydrogen-bond donors (Lipinski definition) is 1. The third kappa shape index (κ3) is 3.89. The monoisotopic (exact) mass is 397 g/mol. The van der Waals surface area contributed by atoms with Crippen molar-refractivity contribution in [2.75, 3.05) is 19.5 Å². The zero-order valence-corrected chi connectivity index (χ0v) is 12.7. The van der Waals surface area contributed by atoms with Gasteiger partial charge in [-0.1, -0.05) is 0 Å². The molecule has 8 heteroatoms. The van der Waals surface area contributed by atoms with Gasteiger partial charge in [-0.25, -0.2) is 18.4 Å². The Bertz CT molecular complexity index is 575. The van der Waals surface area contributed by atoms with Crippen LogP contribution in [0.3, 0.4) is 0 Å². The summed E-state index contributed by atoms with van der Waals surface area (Å²) in [4.78, 5) is 22.6. The molecule has 1 N–H and O–H groups in total. The minimum Gasteiger partial charge on any atom is -0.466 e. The number of benzene rings is 1. The predicted octanol–water partition coefficient (Wildman–Crippen LogP) is 2.21. The minimum atomic E-state index is -0.921. The topological polar surface area (TPSA) is 64.6 Å². The summed E-state index contributed by atoms with van der Waals surface area (Å²) >= 11 is 1.57. The number of carbonyl (C=O) groups is 2. The summed E-state index contributed by atoms with van der Waals surface area (Å²) in [7, 11) is 2.20. The van der Waals surface area contributed by atoms with E-state index < -0.39 is 23.6 Å². The molecule has 1 aromatic rings. The highest BCUT2D eigenvalue weighted by Crippen LogP contribution is 2.26. The maximum atomic E-state index is 13.6. The molecule has 1 rings (SSSR count). The van der Waals surface area contributed by atoms with E-state index in [0.29, 0.717) is 0 Å². The van der Waals surface area contributed by atoms with Crippen molar-refractivity contribution in [2.24, 2.45) is 0 Å². The van der Waals surface area contributed by atoms with Gasteiger partial charge in [0.2, 0.25) is 0 Å². The van der Waals surface area contributed by atoms with Crippen LogP contribution in [0.2, 0.25) is 0 Å². The molecule has 0 aliphatic rings. The Morgan fingerprint density at radius 1 is 1.20 bits per heavy atom. The van der Waals surface area contributed by atoms with Crippen LogP contribution >= 0.6 is 22.6 Å². The minimum absolute atomic E-state index is 0.0673. The number of nitrogens with one attached hydrogen (secondary N) is 1. The Kier molecular flexibility index (Phi) is 5.86. The Hall–Kier alpha value is -1.71. The first-order valence-corrected chi connectivity index (χ1v) is 6.27. The van der Waals surface area contributed by atoms with E-state index in [1.165, 1.54) is 0 Å². The summed E-state index contributed by atoms with van der Waals surface area (Å²) in [6, 6.07) is 1.84. The van der Waals surface area contributed by atoms with Crippen molar-refractivity contribution in [2.45, 2.75) is 0 Å². The van der Waals surface area contributed by atoms with Gasteiger partial charge in [-0.05, 0) is 34.7 Å². The number of ether oxygens (including phenoxy) is 2. The van der Waals surface area contributed by atoms with Crippen LogP contribution in [0.5, 0.6) is 0 Å². The van der Waals surface area contributed by atoms with Gasteiger partial charge in [0, 0.05) is 0 Å². The molecule has 0 aliphatic carbocycles. The van der Waals surface area contributed by atoms with Crippen molar-refractivity contribution < 1.29 is 27.8 Å². The summed E-state index contributed by atoms with van der Waals surface area (Å²) in [5, 5.41) is 2.34. The second-order valence-corrected chi connectivity index (χ2v) is 4.49. The van der Waals surface area contributed by atoms with E-state index in [4.69, 9.17) is 0 Å². The predicted molar refractivity (Wildman–Crippen MR) is 74.8 cm³/mol. The smallest absolute Gasteiger partial charge is 0.354 e. The lowest BCUT2D eigenvalue weighted by molar-refractivity contribution is -0.138. The van der Waals surface area contributed by atoms with E-state index in [1.54, 1.807) is 22.6 Å². The van der Waals surface area contributed by atoms with Gasteiger partial charge in [0.1, 0.15) is 17.3 Å². The number of anilines is 1. The molecule has 0 bridgehead atoms. The molecule has 0 fully saturated rings. The van der Waals surface area contributed by atoms with Crippen LogP contribution in [-0.2, 0) is 19.1 Å². The van der Waals surface area contributed by atoms with Crippen LogP contribution < -0.4 is 5.32 Å². The third-order valence-corrected chi connectivity index (χ3v) is 3.23. The van der Waals surface area contributed by atoms with Crippen LogP contribution in [0.15, 0.2) is 23.9 Å². The fraction of sp³-hybridized carbons (Fsp3) is 0.167. The van der Waals surface area contributed by atoms with Gasteiger partial charge in [0.05, 0.1) is 29.6 Å². The van der Waals surface area contributed by atoms with Crippen molar-refractivity contribution in [1.29, 1.82) is 0 Å². The standard InChI is InChI=1S/C12H10F2INO4/c1-19-9(17)5-8(12(18)20-2)16-11-7(14)4-3-6(13)10(11)15/h3-5,16H,1-2H3/b8-5+. The molecule has 0 amide bonds. The highest BCUT2D eigenvalue weighted by atomic mass is 127. The van der Waals surface area contributed by atoms with Gasteiger partial charge in [-0.15, -0.1) is 0 Å². The van der Waals surface area contributed by atoms with Crippen molar-refractivity contribution in [1.82, 2.24) is 0 Å². The van der Waals surface area contributed by atoms with Gasteiger partial charge in [-0.2, -0.15) is 0 Å². The summed E-state index contributed by atoms with van der Waals surface area (Å²) in [6.45, 7) is 0. The SMILES string of the molecule is COC(=O)/C=C(/Nc1c(F)ccc(F)c1I)C(=O)OC. The first-order valence-electron chi connectivity index (χ1n) is 5.19. The van der Waals surface area contributed by atoms with Crippen LogP contribution in [0, 0.1) is 15.2 Å². The highest BCUT2D eigenvalue weighted by molar-refractivity contribution is 14.1. The van der Waals surface area contributed by atoms with Crippen molar-refractivity contribution in [3.05, 3.63) is 39.1 Å². The second-order valence-electron chi connectivity index (χ2n) is 3.42. The molecular weight excluding hydrogens is 387 g/mol. The van der Waals surface area contributed by atoms with Crippen LogP contribution in [-0.4, -0.2) is 26.2 Å². The van der Waals surface area contributed by atoms with Crippen molar-refractivity contribution in [3.8, 4) is 0 Å². The first-order chi connectivity index (χ1) is 9.40. The largest absolute Gasteiger partial charge is 0.466 e. The highest BCUT2D eigenvalue weighted by Gasteiger charge is 2.18. The maximum Gasteiger partial charge on any atom is 0.354 e. The van der Waals surface area contributed by atoms with Gasteiger partial charge in [-0.3, -0.25) is 0 Å². The van der Waals surface area contributed by atoms with Gasteiger partial charge >= 0.3 is 11.9 Å². The van der Waals surface area contributed by atoms with E-state index in [0.717, 1.165) is 32.4 Å². The van der Waals surface area contributed by atoms with Gasteiger partial charge in [0.15, 0.2) is 0 Å². The normalized spacial score (nSPS) is 10.9. The Morgan fingerprint density at radius 2 is 1.80 bits per heavy atom. The summed E-state index contributed by atoms with van der Waals surface area (Å²) in [5.41, 5.74) is -0.645. The Morgan fingerprint density at radius 3 is 2.35 bits per heavy atom. The fourth-order valence-electron chi connectivity index (χ4n) is 1.21. The van der Waals surface area contributed by atoms with Gasteiger partial charge in [0.25, 0.3) is 0 Å². The van der Waals surface area contributed by atoms with E-state index in [-0.39, 0.29) is 15.0 Å². The number of halogens is 3. The molecule has 0 spiro atoms. The number of rotatable bonds is 4. The second kappa shape index (κ2) is 7.17. The molecule has 0 aliphatic heterocycles. The summed E-state index contributed by atoms with van der Waals surface area (Å²) < 4.78 is 35.8. The Labute approximate surface area is 127 Å². The lowest BCUT2D eigenvalue weighted by atomic mass is 10.2. The molecule has 0 atom stereocenters. The zero-order chi connectivity index (χ0) is 15.3. The molecule has 0 saturated heterocycles. The summed E-state index contributed by atoms with van der Waals surface area (Å²) in [5.74, 6) is -3.22. The molecule has 20 heavy (non-hydrogen) atoms. The van der Waals surface area contributed by atoms with Crippen LogP contribution in [0.1, 0.15) is 0 Å². The van der Waals surface area contributed by atoms with Crippen LogP contribution in [0.25, 0.3) is 0 Å². The van der Waals surface area contributed by atoms with Crippen molar-refractivity contribution in [3.63, 3.8) is 0 Å². The lowest BCUT2D eigenvalue weighted by Gasteiger charge is -2.12. The molecule has 0 aromatic heterocycles. The van der Waals surface area contributed by atoms with E-state index >= 15 is 0 Å².